The van der Waals surface area contributed by atoms with Gasteiger partial charge in [0.25, 0.3) is 0 Å². The fourth-order valence-electron chi connectivity index (χ4n) is 7.18. The number of nitrogens with one attached hydrogen (secondary N) is 1. The van der Waals surface area contributed by atoms with Crippen LogP contribution in [0.3, 0.4) is 0 Å². The number of benzene rings is 1. The zero-order valence-electron chi connectivity index (χ0n) is 17.9. The summed E-state index contributed by atoms with van der Waals surface area (Å²) in [5, 5.41) is 14.1. The van der Waals surface area contributed by atoms with E-state index < -0.39 is 27.0 Å². The lowest BCUT2D eigenvalue weighted by Gasteiger charge is -2.58. The van der Waals surface area contributed by atoms with Gasteiger partial charge in [0.15, 0.2) is 0 Å². The summed E-state index contributed by atoms with van der Waals surface area (Å²) in [6.07, 6.45) is 5.85. The average Bonchev–Trinajstić information content (AvgIpc) is 3.16. The fourth-order valence-corrected chi connectivity index (χ4v) is 9.05. The van der Waals surface area contributed by atoms with E-state index in [-0.39, 0.29) is 35.2 Å². The van der Waals surface area contributed by atoms with Crippen LogP contribution in [0.1, 0.15) is 58.3 Å². The summed E-state index contributed by atoms with van der Waals surface area (Å²) in [4.78, 5) is 13.7. The minimum atomic E-state index is -3.93. The molecular weight excluding hydrogens is 419 g/mol. The molecule has 0 aromatic heterocycles. The van der Waals surface area contributed by atoms with Gasteiger partial charge in [0.1, 0.15) is 11.4 Å². The van der Waals surface area contributed by atoms with Crippen LogP contribution < -0.4 is 5.32 Å². The van der Waals surface area contributed by atoms with Gasteiger partial charge in [0, 0.05) is 12.6 Å². The van der Waals surface area contributed by atoms with Crippen LogP contribution in [0.2, 0.25) is 0 Å². The van der Waals surface area contributed by atoms with Crippen LogP contribution in [0, 0.1) is 23.6 Å². The Balaban J connectivity index is 1.41. The monoisotopic (exact) mass is 450 g/mol. The molecule has 0 spiro atoms. The van der Waals surface area contributed by atoms with E-state index in [1.54, 1.807) is 0 Å². The maximum atomic E-state index is 13.7. The summed E-state index contributed by atoms with van der Waals surface area (Å²) in [5.41, 5.74) is -1.70. The number of halogens is 1. The number of sulfonamides is 1. The van der Waals surface area contributed by atoms with Crippen LogP contribution in [0.25, 0.3) is 0 Å². The molecule has 1 heterocycles. The summed E-state index contributed by atoms with van der Waals surface area (Å²) in [6.45, 7) is 2.14. The number of amides is 1. The Morgan fingerprint density at radius 2 is 1.84 bits per heavy atom. The van der Waals surface area contributed by atoms with Crippen molar-refractivity contribution in [1.29, 1.82) is 0 Å². The van der Waals surface area contributed by atoms with Crippen molar-refractivity contribution in [3.63, 3.8) is 0 Å². The maximum Gasteiger partial charge on any atom is 0.244 e. The topological polar surface area (TPSA) is 86.7 Å². The highest BCUT2D eigenvalue weighted by molar-refractivity contribution is 7.89. The molecule has 3 atom stereocenters. The molecule has 4 bridgehead atoms. The highest BCUT2D eigenvalue weighted by atomic mass is 32.2. The number of carbonyl (C=O) groups is 1. The minimum absolute atomic E-state index is 0.00345. The van der Waals surface area contributed by atoms with E-state index in [2.05, 4.69) is 5.32 Å². The third-order valence-electron chi connectivity index (χ3n) is 8.38. The first-order chi connectivity index (χ1) is 14.7. The van der Waals surface area contributed by atoms with Crippen molar-refractivity contribution in [1.82, 2.24) is 9.62 Å². The molecule has 4 saturated carbocycles. The van der Waals surface area contributed by atoms with Crippen LogP contribution >= 0.6 is 0 Å². The van der Waals surface area contributed by atoms with E-state index in [1.165, 1.54) is 16.4 Å². The lowest BCUT2D eigenvalue weighted by Crippen LogP contribution is -2.65. The van der Waals surface area contributed by atoms with Gasteiger partial charge in [0.2, 0.25) is 15.9 Å². The quantitative estimate of drug-likeness (QED) is 0.722. The van der Waals surface area contributed by atoms with Crippen molar-refractivity contribution >= 4 is 15.9 Å². The van der Waals surface area contributed by atoms with Gasteiger partial charge in [0.05, 0.1) is 10.5 Å². The highest BCUT2D eigenvalue weighted by Gasteiger charge is 2.57. The zero-order valence-corrected chi connectivity index (χ0v) is 18.7. The first-order valence-electron chi connectivity index (χ1n) is 11.5. The van der Waals surface area contributed by atoms with E-state index in [9.17, 15) is 22.7 Å². The van der Waals surface area contributed by atoms with Crippen molar-refractivity contribution in [2.45, 2.75) is 80.4 Å². The molecule has 4 aliphatic carbocycles. The third-order valence-corrected chi connectivity index (χ3v) is 10.4. The lowest BCUT2D eigenvalue weighted by molar-refractivity contribution is -0.150. The predicted molar refractivity (Wildman–Crippen MR) is 113 cm³/mol. The number of carbonyl (C=O) groups excluding carboxylic acids is 1. The minimum Gasteiger partial charge on any atom is -0.390 e. The first-order valence-corrected chi connectivity index (χ1v) is 12.9. The summed E-state index contributed by atoms with van der Waals surface area (Å²) in [5.74, 6) is 0.346. The van der Waals surface area contributed by atoms with Crippen LogP contribution in [0.4, 0.5) is 4.39 Å². The Bertz CT molecular complexity index is 966. The van der Waals surface area contributed by atoms with Crippen molar-refractivity contribution in [3.8, 4) is 0 Å². The normalized spacial score (nSPS) is 39.7. The molecule has 1 aliphatic heterocycles. The zero-order chi connectivity index (χ0) is 22.0. The summed E-state index contributed by atoms with van der Waals surface area (Å²) in [6, 6.07) is 4.80. The van der Waals surface area contributed by atoms with Gasteiger partial charge in [-0.2, -0.15) is 4.31 Å². The van der Waals surface area contributed by atoms with E-state index in [0.717, 1.165) is 44.2 Å². The second kappa shape index (κ2) is 7.25. The van der Waals surface area contributed by atoms with E-state index in [1.807, 2.05) is 6.92 Å². The number of hydrogen-bond donors (Lipinski definition) is 2. The van der Waals surface area contributed by atoms with Gasteiger partial charge in [-0.15, -0.1) is 0 Å². The Morgan fingerprint density at radius 1 is 1.19 bits per heavy atom. The van der Waals surface area contributed by atoms with Gasteiger partial charge in [-0.05, 0) is 93.4 Å². The Labute approximate surface area is 183 Å². The molecule has 6 rings (SSSR count). The second-order valence-corrected chi connectivity index (χ2v) is 12.1. The molecule has 1 amide bonds. The highest BCUT2D eigenvalue weighted by Crippen LogP contribution is 2.55. The maximum absolute atomic E-state index is 13.7. The molecule has 1 aromatic rings. The van der Waals surface area contributed by atoms with Crippen LogP contribution in [-0.4, -0.2) is 47.5 Å². The molecule has 170 valence electrons. The molecule has 6 nitrogen and oxygen atoms in total. The van der Waals surface area contributed by atoms with Crippen LogP contribution in [0.15, 0.2) is 29.2 Å². The summed E-state index contributed by atoms with van der Waals surface area (Å²) < 4.78 is 41.5. The van der Waals surface area contributed by atoms with Gasteiger partial charge in [-0.25, -0.2) is 12.8 Å². The molecule has 2 N–H and O–H groups in total. The lowest BCUT2D eigenvalue weighted by atomic mass is 9.52. The predicted octanol–water partition coefficient (Wildman–Crippen LogP) is 2.81. The standard InChI is InChI=1S/C23H31FN2O4S/c1-2-23(8-3-9-26(23)31(29,30)19-6-4-18(24)5-7-19)21(27)25-20-16-10-15-11-17(20)14-22(28,12-15)13-16/h4-7,15-17,20,28H,2-3,8-14H2,1H3,(H,25,27)/t15?,16?,17?,20?,22?,23-/m1/s1. The largest absolute Gasteiger partial charge is 0.390 e. The molecule has 5 fully saturated rings. The summed E-state index contributed by atoms with van der Waals surface area (Å²) >= 11 is 0. The van der Waals surface area contributed by atoms with Crippen molar-refractivity contribution < 1.29 is 22.7 Å². The Hall–Kier alpha value is -1.51. The Kier molecular flexibility index (Phi) is 4.99. The van der Waals surface area contributed by atoms with Gasteiger partial charge in [-0.3, -0.25) is 4.79 Å². The number of nitrogens with zero attached hydrogens (tertiary/aromatic N) is 1. The molecule has 0 radical (unpaired) electrons. The van der Waals surface area contributed by atoms with Crippen molar-refractivity contribution in [2.24, 2.45) is 17.8 Å². The van der Waals surface area contributed by atoms with E-state index >= 15 is 0 Å². The molecule has 5 aliphatic rings. The van der Waals surface area contributed by atoms with E-state index in [4.69, 9.17) is 0 Å². The van der Waals surface area contributed by atoms with Gasteiger partial charge < -0.3 is 10.4 Å². The van der Waals surface area contributed by atoms with Crippen molar-refractivity contribution in [2.75, 3.05) is 6.54 Å². The third kappa shape index (κ3) is 3.33. The first kappa shape index (κ1) is 21.3. The Morgan fingerprint density at radius 3 is 2.42 bits per heavy atom. The average molecular weight is 451 g/mol. The SMILES string of the molecule is CC[C@]1(C(=O)NC2C3CC4CC2CC(O)(C4)C3)CCCN1S(=O)(=O)c1ccc(F)cc1. The molecule has 8 heteroatoms. The van der Waals surface area contributed by atoms with Gasteiger partial charge in [-0.1, -0.05) is 6.92 Å². The molecule has 1 aromatic carbocycles. The number of rotatable bonds is 5. The number of hydrogen-bond acceptors (Lipinski definition) is 4. The fraction of sp³-hybridized carbons (Fsp3) is 0.696. The van der Waals surface area contributed by atoms with E-state index in [0.29, 0.717) is 25.2 Å². The van der Waals surface area contributed by atoms with Crippen molar-refractivity contribution in [3.05, 3.63) is 30.1 Å². The summed E-state index contributed by atoms with van der Waals surface area (Å²) in [7, 11) is -3.93. The number of aliphatic hydroxyl groups is 1. The molecule has 2 unspecified atom stereocenters. The molecule has 1 saturated heterocycles. The van der Waals surface area contributed by atoms with Crippen LogP contribution in [0.5, 0.6) is 0 Å². The smallest absolute Gasteiger partial charge is 0.244 e. The second-order valence-electron chi connectivity index (χ2n) is 10.2. The van der Waals surface area contributed by atoms with Crippen LogP contribution in [-0.2, 0) is 14.8 Å². The van der Waals surface area contributed by atoms with Gasteiger partial charge >= 0.3 is 0 Å². The molecular formula is C23H31FN2O4S. The molecule has 31 heavy (non-hydrogen) atoms.